The Bertz CT molecular complexity index is 609. The fraction of sp³-hybridized carbons (Fsp3) is 0.294. The molecule has 2 aromatic rings. The van der Waals surface area contributed by atoms with E-state index in [0.29, 0.717) is 11.5 Å². The fourth-order valence-corrected chi connectivity index (χ4v) is 3.28. The highest BCUT2D eigenvalue weighted by atomic mass is 35.5. The summed E-state index contributed by atoms with van der Waals surface area (Å²) in [5, 5.41) is 1.46. The van der Waals surface area contributed by atoms with E-state index in [1.807, 2.05) is 38.1 Å². The van der Waals surface area contributed by atoms with E-state index in [1.54, 1.807) is 19.2 Å². The Balaban J connectivity index is 2.11. The Morgan fingerprint density at radius 2 is 1.26 bits per heavy atom. The maximum Gasteiger partial charge on any atom is 0.462 e. The first kappa shape index (κ1) is 18.4. The van der Waals surface area contributed by atoms with Crippen LogP contribution in [0.3, 0.4) is 0 Å². The molecule has 0 aliphatic carbocycles. The Labute approximate surface area is 148 Å². The Morgan fingerprint density at radius 3 is 1.61 bits per heavy atom. The largest absolute Gasteiger partial charge is 0.462 e. The van der Waals surface area contributed by atoms with E-state index in [1.165, 1.54) is 0 Å². The summed E-state index contributed by atoms with van der Waals surface area (Å²) in [5.74, 6) is 1.34. The monoisotopic (exact) mass is 372 g/mol. The second-order valence-electron chi connectivity index (χ2n) is 4.80. The molecule has 0 heterocycles. The Kier molecular flexibility index (Phi) is 6.98. The summed E-state index contributed by atoms with van der Waals surface area (Å²) in [4.78, 5) is 0. The number of rotatable bonds is 7. The first-order valence-electron chi connectivity index (χ1n) is 7.34. The van der Waals surface area contributed by atoms with Crippen molar-refractivity contribution in [2.75, 3.05) is 7.11 Å². The van der Waals surface area contributed by atoms with Gasteiger partial charge in [-0.1, -0.05) is 37.0 Å². The summed E-state index contributed by atoms with van der Waals surface area (Å²) in [6.07, 6.45) is 1.66. The van der Waals surface area contributed by atoms with Crippen LogP contribution in [0.1, 0.15) is 25.0 Å². The molecule has 0 aliphatic rings. The van der Waals surface area contributed by atoms with Gasteiger partial charge in [-0.15, -0.1) is 0 Å². The van der Waals surface area contributed by atoms with Crippen LogP contribution in [0.4, 0.5) is 0 Å². The molecule has 2 rings (SSSR count). The molecule has 0 N–H and O–H groups in total. The van der Waals surface area contributed by atoms with Crippen LogP contribution < -0.4 is 9.05 Å². The van der Waals surface area contributed by atoms with Crippen molar-refractivity contribution in [1.82, 2.24) is 0 Å². The van der Waals surface area contributed by atoms with Crippen LogP contribution in [0.2, 0.25) is 10.0 Å². The van der Waals surface area contributed by atoms with Gasteiger partial charge < -0.3 is 9.05 Å². The van der Waals surface area contributed by atoms with Crippen molar-refractivity contribution in [2.24, 2.45) is 0 Å². The lowest BCUT2D eigenvalue weighted by Gasteiger charge is -2.17. The Hall–Kier alpha value is -0.990. The van der Waals surface area contributed by atoms with Gasteiger partial charge >= 0.3 is 8.60 Å². The molecule has 0 saturated carbocycles. The van der Waals surface area contributed by atoms with Gasteiger partial charge in [-0.05, 0) is 60.4 Å². The van der Waals surface area contributed by atoms with E-state index < -0.39 is 8.60 Å². The zero-order chi connectivity index (χ0) is 16.8. The van der Waals surface area contributed by atoms with Crippen LogP contribution in [0.5, 0.6) is 11.5 Å². The van der Waals surface area contributed by atoms with Gasteiger partial charge in [0.15, 0.2) is 0 Å². The predicted octanol–water partition coefficient (Wildman–Crippen LogP) is 6.45. The molecular formula is C17H19Cl2O3P. The standard InChI is InChI=1S/C17H19Cl2O3P/c1-4-12-10-14(6-8-16(12)18)21-23(20-3)22-15-7-9-17(19)13(5-2)11-15/h6-11H,4-5H2,1-3H3. The number of benzene rings is 2. The highest BCUT2D eigenvalue weighted by molar-refractivity contribution is 7.42. The molecule has 0 aliphatic heterocycles. The van der Waals surface area contributed by atoms with Gasteiger partial charge in [0.05, 0.1) is 0 Å². The minimum atomic E-state index is -1.55. The lowest BCUT2D eigenvalue weighted by Crippen LogP contribution is -1.98. The third-order valence-electron chi connectivity index (χ3n) is 3.31. The average Bonchev–Trinajstić information content (AvgIpc) is 2.57. The molecule has 0 bridgehead atoms. The van der Waals surface area contributed by atoms with Crippen LogP contribution in [0, 0.1) is 0 Å². The quantitative estimate of drug-likeness (QED) is 0.522. The van der Waals surface area contributed by atoms with Gasteiger partial charge in [-0.3, -0.25) is 4.52 Å². The van der Waals surface area contributed by atoms with Gasteiger partial charge in [0, 0.05) is 17.2 Å². The molecule has 0 fully saturated rings. The zero-order valence-corrected chi connectivity index (χ0v) is 15.7. The third-order valence-corrected chi connectivity index (χ3v) is 5.06. The van der Waals surface area contributed by atoms with Crippen molar-refractivity contribution < 1.29 is 13.6 Å². The summed E-state index contributed by atoms with van der Waals surface area (Å²) < 4.78 is 16.9. The molecule has 0 unspecified atom stereocenters. The smallest absolute Gasteiger partial charge is 0.418 e. The fourth-order valence-electron chi connectivity index (χ4n) is 2.02. The van der Waals surface area contributed by atoms with Crippen molar-refractivity contribution in [3.63, 3.8) is 0 Å². The molecule has 0 atom stereocenters. The molecule has 3 nitrogen and oxygen atoms in total. The van der Waals surface area contributed by atoms with E-state index >= 15 is 0 Å². The molecular weight excluding hydrogens is 354 g/mol. The van der Waals surface area contributed by atoms with Crippen molar-refractivity contribution in [1.29, 1.82) is 0 Å². The molecule has 0 saturated heterocycles. The first-order chi connectivity index (χ1) is 11.1. The molecule has 6 heteroatoms. The summed E-state index contributed by atoms with van der Waals surface area (Å²) in [5.41, 5.74) is 2.05. The maximum absolute atomic E-state index is 6.12. The SMILES string of the molecule is CCc1cc(OP(OC)Oc2ccc(Cl)c(CC)c2)ccc1Cl. The lowest BCUT2D eigenvalue weighted by atomic mass is 10.2. The van der Waals surface area contributed by atoms with Crippen molar-refractivity contribution in [3.8, 4) is 11.5 Å². The number of aryl methyl sites for hydroxylation is 2. The molecule has 0 spiro atoms. The topological polar surface area (TPSA) is 27.7 Å². The van der Waals surface area contributed by atoms with Crippen LogP contribution >= 0.6 is 31.8 Å². The van der Waals surface area contributed by atoms with E-state index in [0.717, 1.165) is 34.0 Å². The highest BCUT2D eigenvalue weighted by Gasteiger charge is 2.16. The number of halogens is 2. The van der Waals surface area contributed by atoms with E-state index in [2.05, 4.69) is 0 Å². The van der Waals surface area contributed by atoms with Crippen molar-refractivity contribution >= 4 is 31.8 Å². The Morgan fingerprint density at radius 1 is 0.826 bits per heavy atom. The van der Waals surface area contributed by atoms with Gasteiger partial charge in [0.25, 0.3) is 0 Å². The number of hydrogen-bond acceptors (Lipinski definition) is 3. The summed E-state index contributed by atoms with van der Waals surface area (Å²) in [6, 6.07) is 11.0. The second kappa shape index (κ2) is 8.75. The summed E-state index contributed by atoms with van der Waals surface area (Å²) in [6.45, 7) is 4.08. The molecule has 0 aromatic heterocycles. The minimum absolute atomic E-state index is 0.670. The molecule has 0 radical (unpaired) electrons. The van der Waals surface area contributed by atoms with Crippen LogP contribution in [0.15, 0.2) is 36.4 Å². The molecule has 0 amide bonds. The van der Waals surface area contributed by atoms with Crippen LogP contribution in [-0.4, -0.2) is 7.11 Å². The first-order valence-corrected chi connectivity index (χ1v) is 9.19. The van der Waals surface area contributed by atoms with Gasteiger partial charge in [0.1, 0.15) is 11.5 Å². The summed E-state index contributed by atoms with van der Waals surface area (Å²) >= 11 is 12.2. The minimum Gasteiger partial charge on any atom is -0.418 e. The second-order valence-corrected chi connectivity index (χ2v) is 6.79. The predicted molar refractivity (Wildman–Crippen MR) is 96.8 cm³/mol. The van der Waals surface area contributed by atoms with Crippen molar-refractivity contribution in [2.45, 2.75) is 26.7 Å². The van der Waals surface area contributed by atoms with Crippen LogP contribution in [0.25, 0.3) is 0 Å². The molecule has 23 heavy (non-hydrogen) atoms. The van der Waals surface area contributed by atoms with Gasteiger partial charge in [-0.25, -0.2) is 0 Å². The number of hydrogen-bond donors (Lipinski definition) is 0. The van der Waals surface area contributed by atoms with Crippen molar-refractivity contribution in [3.05, 3.63) is 57.6 Å². The summed E-state index contributed by atoms with van der Waals surface area (Å²) in [7, 11) is 0.00333. The highest BCUT2D eigenvalue weighted by Crippen LogP contribution is 2.42. The van der Waals surface area contributed by atoms with E-state index in [-0.39, 0.29) is 0 Å². The lowest BCUT2D eigenvalue weighted by molar-refractivity contribution is 0.323. The van der Waals surface area contributed by atoms with Gasteiger partial charge in [-0.2, -0.15) is 0 Å². The normalized spacial score (nSPS) is 10.9. The molecule has 124 valence electrons. The van der Waals surface area contributed by atoms with E-state index in [4.69, 9.17) is 36.8 Å². The van der Waals surface area contributed by atoms with Crippen LogP contribution in [-0.2, 0) is 17.4 Å². The van der Waals surface area contributed by atoms with Gasteiger partial charge in [0.2, 0.25) is 0 Å². The molecule has 2 aromatic carbocycles. The zero-order valence-electron chi connectivity index (χ0n) is 13.3. The maximum atomic E-state index is 6.12. The van der Waals surface area contributed by atoms with E-state index in [9.17, 15) is 0 Å². The average molecular weight is 373 g/mol. The third kappa shape index (κ3) is 4.99.